The fourth-order valence-corrected chi connectivity index (χ4v) is 5.37. The molecule has 0 bridgehead atoms. The van der Waals surface area contributed by atoms with Crippen molar-refractivity contribution in [1.82, 2.24) is 14.4 Å². The Hall–Kier alpha value is -3.34. The van der Waals surface area contributed by atoms with Crippen molar-refractivity contribution in [2.24, 2.45) is 7.05 Å². The van der Waals surface area contributed by atoms with E-state index in [0.29, 0.717) is 11.4 Å². The third-order valence-corrected chi connectivity index (χ3v) is 7.37. The minimum atomic E-state index is -0.0471. The molecule has 1 saturated heterocycles. The topological polar surface area (TPSA) is 28.5 Å². The van der Waals surface area contributed by atoms with Gasteiger partial charge in [-0.2, -0.15) is 0 Å². The van der Waals surface area contributed by atoms with E-state index in [-0.39, 0.29) is 11.8 Å². The molecule has 3 aromatic carbocycles. The predicted molar refractivity (Wildman–Crippen MR) is 149 cm³/mol. The molecule has 1 atom stereocenters. The van der Waals surface area contributed by atoms with Gasteiger partial charge in [0.2, 0.25) is 5.91 Å². The van der Waals surface area contributed by atoms with E-state index in [0.717, 1.165) is 38.3 Å². The fourth-order valence-electron chi connectivity index (χ4n) is 5.17. The molecule has 4 nitrogen and oxygen atoms in total. The summed E-state index contributed by atoms with van der Waals surface area (Å²) in [6.45, 7) is 4.20. The zero-order valence-electron chi connectivity index (χ0n) is 20.7. The molecule has 1 aliphatic rings. The van der Waals surface area contributed by atoms with Crippen molar-refractivity contribution in [2.45, 2.75) is 12.3 Å². The molecule has 1 fully saturated rings. The number of rotatable bonds is 7. The first-order valence-electron chi connectivity index (χ1n) is 12.6. The zero-order valence-corrected chi connectivity index (χ0v) is 21.4. The molecule has 0 spiro atoms. The number of amides is 1. The molecular formula is C31H32ClN3O. The Kier molecular flexibility index (Phi) is 7.55. The molecule has 4 aromatic rings. The first-order valence-corrected chi connectivity index (χ1v) is 13.0. The molecule has 0 aliphatic carbocycles. The Morgan fingerprint density at radius 3 is 2.47 bits per heavy atom. The van der Waals surface area contributed by atoms with E-state index >= 15 is 0 Å². The van der Waals surface area contributed by atoms with Gasteiger partial charge in [0.05, 0.1) is 0 Å². The van der Waals surface area contributed by atoms with Gasteiger partial charge in [-0.15, -0.1) is 0 Å². The number of hydrogen-bond donors (Lipinski definition) is 0. The molecular weight excluding hydrogens is 466 g/mol. The number of aromatic nitrogens is 1. The third-order valence-electron chi connectivity index (χ3n) is 7.13. The highest BCUT2D eigenvalue weighted by molar-refractivity contribution is 6.30. The van der Waals surface area contributed by atoms with Gasteiger partial charge in [0.25, 0.3) is 0 Å². The van der Waals surface area contributed by atoms with E-state index in [1.54, 1.807) is 0 Å². The van der Waals surface area contributed by atoms with Gasteiger partial charge in [0.15, 0.2) is 0 Å². The van der Waals surface area contributed by atoms with Crippen molar-refractivity contribution < 1.29 is 4.79 Å². The third kappa shape index (κ3) is 5.56. The van der Waals surface area contributed by atoms with Gasteiger partial charge in [-0.05, 0) is 34.9 Å². The number of piperazine rings is 1. The SMILES string of the molecule is Cn1cc(C(CC(=O)N2CCN(CC=Cc3ccccc3)CC2)c2cccc(Cl)c2)c2ccccc21. The van der Waals surface area contributed by atoms with E-state index in [9.17, 15) is 4.79 Å². The lowest BCUT2D eigenvalue weighted by atomic mass is 9.87. The molecule has 0 saturated carbocycles. The maximum Gasteiger partial charge on any atom is 0.223 e. The van der Waals surface area contributed by atoms with Crippen molar-refractivity contribution in [3.63, 3.8) is 0 Å². The van der Waals surface area contributed by atoms with E-state index in [4.69, 9.17) is 11.6 Å². The summed E-state index contributed by atoms with van der Waals surface area (Å²) < 4.78 is 2.15. The maximum absolute atomic E-state index is 13.5. The number of aryl methyl sites for hydroxylation is 1. The summed E-state index contributed by atoms with van der Waals surface area (Å²) in [5, 5.41) is 1.88. The Morgan fingerprint density at radius 1 is 0.944 bits per heavy atom. The van der Waals surface area contributed by atoms with Crippen molar-refractivity contribution in [3.05, 3.63) is 113 Å². The summed E-state index contributed by atoms with van der Waals surface area (Å²) in [7, 11) is 2.06. The van der Waals surface area contributed by atoms with Crippen LogP contribution in [-0.2, 0) is 11.8 Å². The second-order valence-corrected chi connectivity index (χ2v) is 9.96. The smallest absolute Gasteiger partial charge is 0.223 e. The minimum absolute atomic E-state index is 0.0471. The molecule has 1 unspecified atom stereocenters. The van der Waals surface area contributed by atoms with Gasteiger partial charge in [-0.25, -0.2) is 0 Å². The van der Waals surface area contributed by atoms with Crippen LogP contribution >= 0.6 is 11.6 Å². The fraction of sp³-hybridized carbons (Fsp3) is 0.258. The van der Waals surface area contributed by atoms with Gasteiger partial charge in [0.1, 0.15) is 0 Å². The molecule has 0 radical (unpaired) electrons. The highest BCUT2D eigenvalue weighted by atomic mass is 35.5. The Balaban J connectivity index is 1.28. The van der Waals surface area contributed by atoms with E-state index in [1.165, 1.54) is 22.0 Å². The number of carbonyl (C=O) groups excluding carboxylic acids is 1. The molecule has 36 heavy (non-hydrogen) atoms. The van der Waals surface area contributed by atoms with Crippen LogP contribution in [0.3, 0.4) is 0 Å². The lowest BCUT2D eigenvalue weighted by molar-refractivity contribution is -0.133. The van der Waals surface area contributed by atoms with E-state index in [2.05, 4.69) is 89.5 Å². The Labute approximate surface area is 218 Å². The highest BCUT2D eigenvalue weighted by Crippen LogP contribution is 2.35. The van der Waals surface area contributed by atoms with Gasteiger partial charge < -0.3 is 9.47 Å². The van der Waals surface area contributed by atoms with Crippen LogP contribution < -0.4 is 0 Å². The molecule has 0 N–H and O–H groups in total. The second-order valence-electron chi connectivity index (χ2n) is 9.52. The van der Waals surface area contributed by atoms with Crippen LogP contribution in [0.15, 0.2) is 91.1 Å². The summed E-state index contributed by atoms with van der Waals surface area (Å²) >= 11 is 6.37. The monoisotopic (exact) mass is 497 g/mol. The largest absolute Gasteiger partial charge is 0.350 e. The summed E-state index contributed by atoms with van der Waals surface area (Å²) in [4.78, 5) is 18.0. The standard InChI is InChI=1S/C31H32ClN3O/c1-33-23-29(27-14-5-6-15-30(27)33)28(25-12-7-13-26(32)21-25)22-31(36)35-19-17-34(18-20-35)16-8-11-24-9-3-2-4-10-24/h2-15,21,23,28H,16-20,22H2,1H3. The molecule has 184 valence electrons. The summed E-state index contributed by atoms with van der Waals surface area (Å²) in [5.41, 5.74) is 4.64. The molecule has 5 heteroatoms. The number of benzene rings is 3. The Morgan fingerprint density at radius 2 is 1.69 bits per heavy atom. The minimum Gasteiger partial charge on any atom is -0.350 e. The molecule has 5 rings (SSSR count). The second kappa shape index (κ2) is 11.2. The average Bonchev–Trinajstić information content (AvgIpc) is 3.24. The predicted octanol–water partition coefficient (Wildman–Crippen LogP) is 6.21. The number of hydrogen-bond acceptors (Lipinski definition) is 2. The first-order chi connectivity index (χ1) is 17.6. The van der Waals surface area contributed by atoms with Gasteiger partial charge in [-0.1, -0.05) is 84.4 Å². The van der Waals surface area contributed by atoms with Crippen LogP contribution in [0.25, 0.3) is 17.0 Å². The van der Waals surface area contributed by atoms with Crippen molar-refractivity contribution in [3.8, 4) is 0 Å². The van der Waals surface area contributed by atoms with Crippen molar-refractivity contribution >= 4 is 34.5 Å². The number of para-hydroxylation sites is 1. The zero-order chi connectivity index (χ0) is 24.9. The van der Waals surface area contributed by atoms with Crippen molar-refractivity contribution in [2.75, 3.05) is 32.7 Å². The summed E-state index contributed by atoms with van der Waals surface area (Å²) in [6, 6.07) is 26.7. The maximum atomic E-state index is 13.5. The van der Waals surface area contributed by atoms with Gasteiger partial charge in [-0.3, -0.25) is 9.69 Å². The normalized spacial score (nSPS) is 15.6. The first kappa shape index (κ1) is 24.4. The van der Waals surface area contributed by atoms with E-state index < -0.39 is 0 Å². The number of carbonyl (C=O) groups is 1. The van der Waals surface area contributed by atoms with Crippen molar-refractivity contribution in [1.29, 1.82) is 0 Å². The molecule has 1 aromatic heterocycles. The van der Waals surface area contributed by atoms with Crippen LogP contribution in [-0.4, -0.2) is 53.0 Å². The van der Waals surface area contributed by atoms with Crippen LogP contribution in [0.4, 0.5) is 0 Å². The van der Waals surface area contributed by atoms with E-state index in [1.807, 2.05) is 29.2 Å². The van der Waals surface area contributed by atoms with Crippen LogP contribution in [0.2, 0.25) is 5.02 Å². The lowest BCUT2D eigenvalue weighted by Gasteiger charge is -2.35. The average molecular weight is 498 g/mol. The number of fused-ring (bicyclic) bond motifs is 1. The molecule has 2 heterocycles. The summed E-state index contributed by atoms with van der Waals surface area (Å²) in [6.07, 6.45) is 6.97. The molecule has 1 amide bonds. The molecule has 1 aliphatic heterocycles. The quantitative estimate of drug-likeness (QED) is 0.303. The van der Waals surface area contributed by atoms with Crippen LogP contribution in [0.1, 0.15) is 29.0 Å². The van der Waals surface area contributed by atoms with Gasteiger partial charge >= 0.3 is 0 Å². The lowest BCUT2D eigenvalue weighted by Crippen LogP contribution is -2.48. The van der Waals surface area contributed by atoms with Gasteiger partial charge in [0, 0.05) is 74.2 Å². The summed E-state index contributed by atoms with van der Waals surface area (Å²) in [5.74, 6) is 0.154. The van der Waals surface area contributed by atoms with Crippen LogP contribution in [0, 0.1) is 0 Å². The Bertz CT molecular complexity index is 1350. The highest BCUT2D eigenvalue weighted by Gasteiger charge is 2.27. The number of nitrogens with zero attached hydrogens (tertiary/aromatic N) is 3. The number of halogens is 1. The van der Waals surface area contributed by atoms with Crippen LogP contribution in [0.5, 0.6) is 0 Å².